The molecule has 1 aromatic rings. The summed E-state index contributed by atoms with van der Waals surface area (Å²) in [6.45, 7) is 3.99. The highest BCUT2D eigenvalue weighted by atomic mass is 16.5. The van der Waals surface area contributed by atoms with Crippen molar-refractivity contribution in [1.29, 1.82) is 0 Å². The van der Waals surface area contributed by atoms with Gasteiger partial charge < -0.3 is 14.6 Å². The van der Waals surface area contributed by atoms with Crippen LogP contribution in [0.15, 0.2) is 12.4 Å². The molecule has 1 atom stereocenters. The van der Waals surface area contributed by atoms with Gasteiger partial charge in [-0.15, -0.1) is 0 Å². The average molecular weight is 254 g/mol. The van der Waals surface area contributed by atoms with Gasteiger partial charge in [0.1, 0.15) is 11.9 Å². The normalized spacial score (nSPS) is 12.7. The van der Waals surface area contributed by atoms with Crippen LogP contribution in [0, 0.1) is 0 Å². The van der Waals surface area contributed by atoms with E-state index in [0.717, 1.165) is 12.4 Å². The zero-order chi connectivity index (χ0) is 13.5. The molecule has 102 valence electrons. The zero-order valence-electron chi connectivity index (χ0n) is 11.5. The van der Waals surface area contributed by atoms with Gasteiger partial charge in [0.2, 0.25) is 0 Å². The predicted octanol–water partition coefficient (Wildman–Crippen LogP) is 0.00300. The lowest BCUT2D eigenvalue weighted by atomic mass is 10.2. The Morgan fingerprint density at radius 2 is 2.39 bits per heavy atom. The largest absolute Gasteiger partial charge is 0.468 e. The van der Waals surface area contributed by atoms with E-state index in [1.807, 2.05) is 36.7 Å². The molecule has 0 saturated heterocycles. The molecular weight excluding hydrogens is 232 g/mol. The first-order valence-corrected chi connectivity index (χ1v) is 6.04. The average Bonchev–Trinajstić information content (AvgIpc) is 2.73. The van der Waals surface area contributed by atoms with Crippen molar-refractivity contribution < 1.29 is 9.53 Å². The number of nitrogens with zero attached hydrogens (tertiary/aromatic N) is 3. The van der Waals surface area contributed by atoms with Crippen molar-refractivity contribution in [2.45, 2.75) is 19.5 Å². The van der Waals surface area contributed by atoms with Crippen molar-refractivity contribution in [3.8, 4) is 0 Å². The molecule has 0 aliphatic heterocycles. The van der Waals surface area contributed by atoms with Crippen LogP contribution in [0.2, 0.25) is 0 Å². The summed E-state index contributed by atoms with van der Waals surface area (Å²) < 4.78 is 6.74. The van der Waals surface area contributed by atoms with Gasteiger partial charge in [0.25, 0.3) is 0 Å². The highest BCUT2D eigenvalue weighted by Crippen LogP contribution is 2.01. The summed E-state index contributed by atoms with van der Waals surface area (Å²) in [5.74, 6) is 0.737. The van der Waals surface area contributed by atoms with E-state index in [1.165, 1.54) is 7.11 Å². The predicted molar refractivity (Wildman–Crippen MR) is 69.0 cm³/mol. The third kappa shape index (κ3) is 4.12. The third-order valence-electron chi connectivity index (χ3n) is 2.76. The molecule has 1 rings (SSSR count). The number of ether oxygens (including phenoxy) is 1. The van der Waals surface area contributed by atoms with E-state index in [4.69, 9.17) is 4.74 Å². The number of imidazole rings is 1. The first kappa shape index (κ1) is 14.7. The van der Waals surface area contributed by atoms with E-state index >= 15 is 0 Å². The van der Waals surface area contributed by atoms with Crippen LogP contribution in [0.25, 0.3) is 0 Å². The van der Waals surface area contributed by atoms with E-state index in [1.54, 1.807) is 6.20 Å². The molecule has 0 radical (unpaired) electrons. The first-order chi connectivity index (χ1) is 8.58. The van der Waals surface area contributed by atoms with Crippen molar-refractivity contribution in [3.63, 3.8) is 0 Å². The molecule has 0 amide bonds. The maximum absolute atomic E-state index is 11.6. The van der Waals surface area contributed by atoms with Gasteiger partial charge in [-0.1, -0.05) is 6.92 Å². The summed E-state index contributed by atoms with van der Waals surface area (Å²) in [4.78, 5) is 17.9. The lowest BCUT2D eigenvalue weighted by Crippen LogP contribution is -2.45. The molecule has 0 saturated carbocycles. The Balaban J connectivity index is 2.53. The van der Waals surface area contributed by atoms with Crippen molar-refractivity contribution in [3.05, 3.63) is 18.2 Å². The number of rotatable bonds is 7. The van der Waals surface area contributed by atoms with Crippen molar-refractivity contribution in [2.24, 2.45) is 7.05 Å². The lowest BCUT2D eigenvalue weighted by Gasteiger charge is -2.22. The molecule has 0 bridgehead atoms. The van der Waals surface area contributed by atoms with E-state index in [2.05, 4.69) is 10.3 Å². The highest BCUT2D eigenvalue weighted by molar-refractivity contribution is 5.75. The number of hydrogen-bond acceptors (Lipinski definition) is 5. The Morgan fingerprint density at radius 3 is 2.89 bits per heavy atom. The minimum atomic E-state index is -0.301. The van der Waals surface area contributed by atoms with Crippen LogP contribution in [0.5, 0.6) is 0 Å². The molecule has 0 aliphatic carbocycles. The quantitative estimate of drug-likeness (QED) is 0.694. The van der Waals surface area contributed by atoms with Crippen LogP contribution in [-0.2, 0) is 23.1 Å². The Hall–Kier alpha value is -1.40. The van der Waals surface area contributed by atoms with E-state index < -0.39 is 0 Å². The summed E-state index contributed by atoms with van der Waals surface area (Å²) >= 11 is 0. The molecule has 1 unspecified atom stereocenters. The van der Waals surface area contributed by atoms with Crippen LogP contribution in [0.3, 0.4) is 0 Å². The van der Waals surface area contributed by atoms with Crippen LogP contribution in [-0.4, -0.2) is 53.7 Å². The van der Waals surface area contributed by atoms with Gasteiger partial charge in [-0.3, -0.25) is 9.69 Å². The van der Waals surface area contributed by atoms with E-state index in [-0.39, 0.29) is 12.0 Å². The number of carbonyl (C=O) groups is 1. The Morgan fingerprint density at radius 1 is 1.67 bits per heavy atom. The van der Waals surface area contributed by atoms with Gasteiger partial charge in [0.05, 0.1) is 13.7 Å². The number of aromatic nitrogens is 2. The van der Waals surface area contributed by atoms with E-state index in [0.29, 0.717) is 13.1 Å². The van der Waals surface area contributed by atoms with Crippen LogP contribution in [0.4, 0.5) is 0 Å². The second kappa shape index (κ2) is 7.13. The van der Waals surface area contributed by atoms with Crippen LogP contribution in [0.1, 0.15) is 12.7 Å². The minimum Gasteiger partial charge on any atom is -0.468 e. The van der Waals surface area contributed by atoms with Crippen LogP contribution >= 0.6 is 0 Å². The molecule has 1 aromatic heterocycles. The molecule has 0 spiro atoms. The Kier molecular flexibility index (Phi) is 5.80. The number of hydrogen-bond donors (Lipinski definition) is 1. The van der Waals surface area contributed by atoms with Gasteiger partial charge in [-0.25, -0.2) is 4.98 Å². The summed E-state index contributed by atoms with van der Waals surface area (Å²) in [5, 5.41) is 3.12. The fourth-order valence-electron chi connectivity index (χ4n) is 1.78. The minimum absolute atomic E-state index is 0.233. The molecule has 1 N–H and O–H groups in total. The number of esters is 1. The molecule has 0 fully saturated rings. The van der Waals surface area contributed by atoms with Crippen LogP contribution < -0.4 is 5.32 Å². The maximum Gasteiger partial charge on any atom is 0.324 e. The SMILES string of the molecule is CCNC(CN(C)Cc1nccn1C)C(=O)OC. The third-order valence-corrected chi connectivity index (χ3v) is 2.76. The number of aryl methyl sites for hydroxylation is 1. The van der Waals surface area contributed by atoms with Gasteiger partial charge in [0.15, 0.2) is 0 Å². The zero-order valence-corrected chi connectivity index (χ0v) is 11.5. The summed E-state index contributed by atoms with van der Waals surface area (Å²) in [6, 6.07) is -0.301. The summed E-state index contributed by atoms with van der Waals surface area (Å²) in [5.41, 5.74) is 0. The fourth-order valence-corrected chi connectivity index (χ4v) is 1.78. The lowest BCUT2D eigenvalue weighted by molar-refractivity contribution is -0.143. The summed E-state index contributed by atoms with van der Waals surface area (Å²) in [7, 11) is 5.33. The number of nitrogens with one attached hydrogen (secondary N) is 1. The molecular formula is C12H22N4O2. The molecule has 6 nitrogen and oxygen atoms in total. The Bertz CT molecular complexity index is 378. The molecule has 6 heteroatoms. The van der Waals surface area contributed by atoms with Gasteiger partial charge >= 0.3 is 5.97 Å². The second-order valence-electron chi connectivity index (χ2n) is 4.28. The standard InChI is InChI=1S/C12H22N4O2/c1-5-13-10(12(17)18-4)8-15(2)9-11-14-6-7-16(11)3/h6-7,10,13H,5,8-9H2,1-4H3. The summed E-state index contributed by atoms with van der Waals surface area (Å²) in [6.07, 6.45) is 3.68. The molecule has 18 heavy (non-hydrogen) atoms. The van der Waals surface area contributed by atoms with Gasteiger partial charge in [0, 0.05) is 26.0 Å². The topological polar surface area (TPSA) is 59.4 Å². The van der Waals surface area contributed by atoms with Gasteiger partial charge in [-0.05, 0) is 13.6 Å². The number of likely N-dealkylation sites (N-methyl/N-ethyl adjacent to an activating group) is 2. The maximum atomic E-state index is 11.6. The van der Waals surface area contributed by atoms with E-state index in [9.17, 15) is 4.79 Å². The smallest absolute Gasteiger partial charge is 0.324 e. The van der Waals surface area contributed by atoms with Gasteiger partial charge in [-0.2, -0.15) is 0 Å². The Labute approximate surface area is 108 Å². The van der Waals surface area contributed by atoms with Crippen molar-refractivity contribution >= 4 is 5.97 Å². The monoisotopic (exact) mass is 254 g/mol. The highest BCUT2D eigenvalue weighted by Gasteiger charge is 2.20. The van der Waals surface area contributed by atoms with Crippen molar-refractivity contribution in [2.75, 3.05) is 27.2 Å². The molecule has 0 aromatic carbocycles. The molecule has 1 heterocycles. The number of methoxy groups -OCH3 is 1. The first-order valence-electron chi connectivity index (χ1n) is 6.04. The van der Waals surface area contributed by atoms with Crippen molar-refractivity contribution in [1.82, 2.24) is 19.8 Å². The number of carbonyl (C=O) groups excluding carboxylic acids is 1. The second-order valence-corrected chi connectivity index (χ2v) is 4.28. The molecule has 0 aliphatic rings. The fraction of sp³-hybridized carbons (Fsp3) is 0.667.